The maximum absolute atomic E-state index is 13.4. The monoisotopic (exact) mass is 517 g/mol. The molecule has 2 heterocycles. The molecular formula is C24H25F6N3O3. The number of hydrogen-bond donors (Lipinski definition) is 0. The molecule has 0 spiro atoms. The first-order valence-electron chi connectivity index (χ1n) is 11.8. The van der Waals surface area contributed by atoms with Crippen LogP contribution < -0.4 is 0 Å². The second kappa shape index (κ2) is 9.92. The lowest BCUT2D eigenvalue weighted by Gasteiger charge is -2.39. The van der Waals surface area contributed by atoms with Crippen molar-refractivity contribution in [1.29, 1.82) is 5.26 Å². The summed E-state index contributed by atoms with van der Waals surface area (Å²) in [6.07, 6.45) is -8.34. The summed E-state index contributed by atoms with van der Waals surface area (Å²) in [4.78, 5) is 27.8. The van der Waals surface area contributed by atoms with Crippen molar-refractivity contribution < 1.29 is 40.7 Å². The predicted molar refractivity (Wildman–Crippen MR) is 113 cm³/mol. The number of fused-ring (bicyclic) bond motifs is 1. The quantitative estimate of drug-likeness (QED) is 0.564. The second-order valence-electron chi connectivity index (χ2n) is 9.50. The molecule has 2 aliphatic heterocycles. The van der Waals surface area contributed by atoms with Gasteiger partial charge in [0.2, 0.25) is 5.91 Å². The highest BCUT2D eigenvalue weighted by molar-refractivity contribution is 5.83. The molecule has 1 saturated carbocycles. The smallest absolute Gasteiger partial charge is 0.381 e. The average Bonchev–Trinajstić information content (AvgIpc) is 3.31. The summed E-state index contributed by atoms with van der Waals surface area (Å²) in [5.74, 6) is -2.91. The fourth-order valence-corrected chi connectivity index (χ4v) is 5.58. The maximum Gasteiger partial charge on any atom is 0.471 e. The van der Waals surface area contributed by atoms with Crippen molar-refractivity contribution in [2.45, 2.75) is 69.5 Å². The summed E-state index contributed by atoms with van der Waals surface area (Å²) in [7, 11) is 0. The van der Waals surface area contributed by atoms with Crippen LogP contribution in [0.3, 0.4) is 0 Å². The minimum atomic E-state index is -5.04. The van der Waals surface area contributed by atoms with E-state index in [0.29, 0.717) is 5.56 Å². The summed E-state index contributed by atoms with van der Waals surface area (Å²) in [6.45, 7) is 0.579. The predicted octanol–water partition coefficient (Wildman–Crippen LogP) is 4.20. The molecule has 4 rings (SSSR count). The summed E-state index contributed by atoms with van der Waals surface area (Å²) < 4.78 is 85.2. The Morgan fingerprint density at radius 1 is 1.03 bits per heavy atom. The van der Waals surface area contributed by atoms with Crippen LogP contribution in [0.4, 0.5) is 26.3 Å². The zero-order valence-corrected chi connectivity index (χ0v) is 19.3. The molecule has 36 heavy (non-hydrogen) atoms. The Labute approximate surface area is 203 Å². The van der Waals surface area contributed by atoms with Crippen LogP contribution in [0.15, 0.2) is 12.1 Å². The van der Waals surface area contributed by atoms with E-state index >= 15 is 0 Å². The van der Waals surface area contributed by atoms with E-state index in [1.54, 1.807) is 6.07 Å². The van der Waals surface area contributed by atoms with Crippen LogP contribution in [0.1, 0.15) is 54.4 Å². The normalized spacial score (nSPS) is 23.2. The number of halogens is 6. The molecule has 0 radical (unpaired) electrons. The highest BCUT2D eigenvalue weighted by atomic mass is 19.4. The first kappa shape index (κ1) is 26.3. The molecule has 1 aromatic carbocycles. The molecule has 0 N–H and O–H groups in total. The Morgan fingerprint density at radius 3 is 2.33 bits per heavy atom. The van der Waals surface area contributed by atoms with Gasteiger partial charge in [0, 0.05) is 44.3 Å². The van der Waals surface area contributed by atoms with Gasteiger partial charge >= 0.3 is 18.3 Å². The van der Waals surface area contributed by atoms with E-state index < -0.39 is 41.8 Å². The van der Waals surface area contributed by atoms with Crippen LogP contribution >= 0.6 is 0 Å². The highest BCUT2D eigenvalue weighted by Gasteiger charge is 2.49. The number of nitrogens with zero attached hydrogens (tertiary/aromatic N) is 3. The van der Waals surface area contributed by atoms with Gasteiger partial charge in [-0.15, -0.1) is 0 Å². The molecular weight excluding hydrogens is 492 g/mol. The fraction of sp³-hybridized carbons (Fsp3) is 0.625. The molecule has 0 bridgehead atoms. The van der Waals surface area contributed by atoms with Gasteiger partial charge in [0.15, 0.2) is 0 Å². The molecule has 2 amide bonds. The molecule has 1 aliphatic carbocycles. The molecule has 3 aliphatic rings. The van der Waals surface area contributed by atoms with E-state index in [-0.39, 0.29) is 81.9 Å². The standard InChI is InChI=1S/C24H25F6N3O3/c25-23(26,27)17-9-15(12-31)20-3-6-32(13-16(20)10-17)21(34)14-1-2-19(11-14)33(22(35)24(28,29)30)18-4-7-36-8-5-18/h9-10,14,18-19H,1-8,11,13H2. The van der Waals surface area contributed by atoms with E-state index in [9.17, 15) is 41.2 Å². The van der Waals surface area contributed by atoms with Gasteiger partial charge in [-0.05, 0) is 61.8 Å². The molecule has 196 valence electrons. The Hall–Kier alpha value is -2.81. The molecule has 2 unspecified atom stereocenters. The SMILES string of the molecule is N#Cc1cc(C(F)(F)F)cc2c1CCN(C(=O)C1CCC(N(C(=O)C(F)(F)F)C3CCOCC3)C1)C2. The lowest BCUT2D eigenvalue weighted by atomic mass is 9.91. The van der Waals surface area contributed by atoms with Gasteiger partial charge < -0.3 is 14.5 Å². The molecule has 2 atom stereocenters. The van der Waals surface area contributed by atoms with Gasteiger partial charge in [0.05, 0.1) is 17.2 Å². The van der Waals surface area contributed by atoms with Crippen LogP contribution in [-0.4, -0.2) is 59.6 Å². The van der Waals surface area contributed by atoms with Crippen LogP contribution in [0.5, 0.6) is 0 Å². The average molecular weight is 517 g/mol. The topological polar surface area (TPSA) is 73.6 Å². The van der Waals surface area contributed by atoms with Gasteiger partial charge in [-0.1, -0.05) is 0 Å². The third kappa shape index (κ3) is 5.31. The number of ether oxygens (including phenoxy) is 1. The molecule has 0 aromatic heterocycles. The molecule has 12 heteroatoms. The Bertz CT molecular complexity index is 1060. The third-order valence-corrected chi connectivity index (χ3v) is 7.30. The minimum absolute atomic E-state index is 0.0629. The van der Waals surface area contributed by atoms with Gasteiger partial charge in [-0.25, -0.2) is 0 Å². The molecule has 6 nitrogen and oxygen atoms in total. The van der Waals surface area contributed by atoms with Gasteiger partial charge in [-0.3, -0.25) is 9.59 Å². The van der Waals surface area contributed by atoms with Crippen molar-refractivity contribution in [3.05, 3.63) is 34.4 Å². The van der Waals surface area contributed by atoms with Crippen molar-refractivity contribution in [2.24, 2.45) is 5.92 Å². The van der Waals surface area contributed by atoms with Gasteiger partial charge in [0.25, 0.3) is 0 Å². The largest absolute Gasteiger partial charge is 0.471 e. The lowest BCUT2D eigenvalue weighted by molar-refractivity contribution is -0.192. The lowest BCUT2D eigenvalue weighted by Crippen LogP contribution is -2.53. The molecule has 1 saturated heterocycles. The summed E-state index contributed by atoms with van der Waals surface area (Å²) in [5, 5.41) is 9.30. The van der Waals surface area contributed by atoms with Crippen molar-refractivity contribution in [3.63, 3.8) is 0 Å². The van der Waals surface area contributed by atoms with E-state index in [0.717, 1.165) is 17.0 Å². The molecule has 1 aromatic rings. The van der Waals surface area contributed by atoms with Crippen molar-refractivity contribution >= 4 is 11.8 Å². The highest BCUT2D eigenvalue weighted by Crippen LogP contribution is 2.38. The van der Waals surface area contributed by atoms with Crippen molar-refractivity contribution in [2.75, 3.05) is 19.8 Å². The van der Waals surface area contributed by atoms with Crippen LogP contribution in [0.25, 0.3) is 0 Å². The number of amides is 2. The van der Waals surface area contributed by atoms with E-state index in [1.807, 2.05) is 0 Å². The Kier molecular flexibility index (Phi) is 7.23. The van der Waals surface area contributed by atoms with Crippen molar-refractivity contribution in [1.82, 2.24) is 9.80 Å². The first-order chi connectivity index (χ1) is 16.9. The third-order valence-electron chi connectivity index (χ3n) is 7.30. The van der Waals surface area contributed by atoms with E-state index in [4.69, 9.17) is 4.74 Å². The number of alkyl halides is 6. The summed E-state index contributed by atoms with van der Waals surface area (Å²) >= 11 is 0. The molecule has 2 fully saturated rings. The van der Waals surface area contributed by atoms with Crippen molar-refractivity contribution in [3.8, 4) is 6.07 Å². The number of rotatable bonds is 3. The number of hydrogen-bond acceptors (Lipinski definition) is 4. The summed E-state index contributed by atoms with van der Waals surface area (Å²) in [5.41, 5.74) is -0.330. The number of nitriles is 1. The van der Waals surface area contributed by atoms with Gasteiger partial charge in [-0.2, -0.15) is 31.6 Å². The first-order valence-corrected chi connectivity index (χ1v) is 11.8. The van der Waals surface area contributed by atoms with E-state index in [1.165, 1.54) is 4.90 Å². The number of carbonyl (C=O) groups is 2. The minimum Gasteiger partial charge on any atom is -0.381 e. The van der Waals surface area contributed by atoms with Crippen LogP contribution in [0.2, 0.25) is 0 Å². The van der Waals surface area contributed by atoms with E-state index in [2.05, 4.69) is 0 Å². The van der Waals surface area contributed by atoms with Gasteiger partial charge in [0.1, 0.15) is 0 Å². The summed E-state index contributed by atoms with van der Waals surface area (Å²) in [6, 6.07) is 2.17. The Morgan fingerprint density at radius 2 is 1.72 bits per heavy atom. The van der Waals surface area contributed by atoms with Crippen LogP contribution in [-0.2, 0) is 33.5 Å². The Balaban J connectivity index is 1.50. The maximum atomic E-state index is 13.4. The zero-order chi connectivity index (χ0) is 26.3. The number of benzene rings is 1. The zero-order valence-electron chi connectivity index (χ0n) is 19.3. The van der Waals surface area contributed by atoms with Crippen LogP contribution in [0, 0.1) is 17.2 Å². The number of carbonyl (C=O) groups excluding carboxylic acids is 2. The fourth-order valence-electron chi connectivity index (χ4n) is 5.58. The second-order valence-corrected chi connectivity index (χ2v) is 9.50.